The maximum atomic E-state index is 11.2. The molecule has 1 unspecified atom stereocenters. The molecule has 1 saturated heterocycles. The first-order chi connectivity index (χ1) is 10.5. The van der Waals surface area contributed by atoms with Crippen LogP contribution in [-0.4, -0.2) is 41.3 Å². The number of hydrogen-bond donors (Lipinski definition) is 0. The van der Waals surface area contributed by atoms with Gasteiger partial charge in [-0.15, -0.1) is 0 Å². The van der Waals surface area contributed by atoms with E-state index in [-0.39, 0.29) is 34.7 Å². The first kappa shape index (κ1) is 17.7. The molecule has 5 nitrogen and oxygen atoms in total. The van der Waals surface area contributed by atoms with Crippen LogP contribution in [0.1, 0.15) is 52.4 Å². The summed E-state index contributed by atoms with van der Waals surface area (Å²) in [5, 5.41) is 8.79. The van der Waals surface area contributed by atoms with Gasteiger partial charge in [0.2, 0.25) is 0 Å². The second-order valence-corrected chi connectivity index (χ2v) is 7.43. The maximum absolute atomic E-state index is 11.2. The molecule has 0 aromatic carbocycles. The molecule has 0 aromatic rings. The van der Waals surface area contributed by atoms with E-state index in [4.69, 9.17) is 19.5 Å². The number of esters is 1. The molecule has 0 N–H and O–H groups in total. The zero-order valence-corrected chi connectivity index (χ0v) is 14.8. The second-order valence-electron chi connectivity index (χ2n) is 6.26. The first-order valence-corrected chi connectivity index (χ1v) is 8.89. The van der Waals surface area contributed by atoms with Crippen molar-refractivity contribution in [3.8, 4) is 6.07 Å². The quantitative estimate of drug-likeness (QED) is 0.506. The summed E-state index contributed by atoms with van der Waals surface area (Å²) in [6.45, 7) is 4.08. The topological polar surface area (TPSA) is 68.6 Å². The van der Waals surface area contributed by atoms with Gasteiger partial charge in [-0.25, -0.2) is 0 Å². The van der Waals surface area contributed by atoms with Crippen molar-refractivity contribution < 1.29 is 19.0 Å². The number of halogens is 1. The van der Waals surface area contributed by atoms with E-state index in [1.165, 1.54) is 6.92 Å². The Bertz CT molecular complexity index is 438. The maximum Gasteiger partial charge on any atom is 0.303 e. The van der Waals surface area contributed by atoms with E-state index in [0.29, 0.717) is 13.0 Å². The van der Waals surface area contributed by atoms with Crippen LogP contribution in [0.3, 0.4) is 0 Å². The molecule has 0 amide bonds. The molecular weight excluding hydrogens is 350 g/mol. The molecular formula is C16H24BrNO4. The molecule has 6 heteroatoms. The number of ether oxygens (including phenoxy) is 3. The number of fused-ring (bicyclic) bond motifs is 2. The van der Waals surface area contributed by atoms with E-state index < -0.39 is 0 Å². The molecule has 0 radical (unpaired) electrons. The summed E-state index contributed by atoms with van der Waals surface area (Å²) in [5.41, 5.74) is -0.315. The molecule has 1 saturated carbocycles. The third-order valence-corrected chi connectivity index (χ3v) is 5.18. The molecule has 1 heterocycles. The zero-order chi connectivity index (χ0) is 16.2. The van der Waals surface area contributed by atoms with Crippen molar-refractivity contribution in [3.63, 3.8) is 0 Å². The zero-order valence-electron chi connectivity index (χ0n) is 13.2. The third kappa shape index (κ3) is 4.21. The Hall–Kier alpha value is -0.640. The average molecular weight is 374 g/mol. The van der Waals surface area contributed by atoms with Gasteiger partial charge in [-0.3, -0.25) is 4.79 Å². The van der Waals surface area contributed by atoms with E-state index in [1.807, 2.05) is 0 Å². The van der Waals surface area contributed by atoms with E-state index in [0.717, 1.165) is 32.1 Å². The van der Waals surface area contributed by atoms with Crippen LogP contribution in [0.2, 0.25) is 0 Å². The van der Waals surface area contributed by atoms with Gasteiger partial charge in [0, 0.05) is 19.8 Å². The number of carbonyl (C=O) groups is 1. The minimum Gasteiger partial charge on any atom is -0.459 e. The Morgan fingerprint density at radius 3 is 2.91 bits per heavy atom. The molecule has 2 aliphatic rings. The molecule has 124 valence electrons. The molecule has 1 aliphatic heterocycles. The predicted molar refractivity (Wildman–Crippen MR) is 84.6 cm³/mol. The average Bonchev–Trinajstić information content (AvgIpc) is 2.80. The molecule has 5 atom stereocenters. The summed E-state index contributed by atoms with van der Waals surface area (Å²) < 4.78 is 17.6. The molecule has 2 fully saturated rings. The summed E-state index contributed by atoms with van der Waals surface area (Å²) in [4.78, 5) is 11.3. The molecule has 22 heavy (non-hydrogen) atoms. The van der Waals surface area contributed by atoms with Crippen molar-refractivity contribution in [1.82, 2.24) is 0 Å². The highest BCUT2D eigenvalue weighted by Crippen LogP contribution is 2.44. The van der Waals surface area contributed by atoms with Crippen molar-refractivity contribution in [3.05, 3.63) is 0 Å². The van der Waals surface area contributed by atoms with Gasteiger partial charge in [0.15, 0.2) is 0 Å². The van der Waals surface area contributed by atoms with E-state index in [1.54, 1.807) is 0 Å². The Balaban J connectivity index is 2.00. The number of hydrogen-bond acceptors (Lipinski definition) is 5. The first-order valence-electron chi connectivity index (χ1n) is 7.97. The number of alkyl halides is 1. The van der Waals surface area contributed by atoms with Crippen LogP contribution >= 0.6 is 15.9 Å². The highest BCUT2D eigenvalue weighted by molar-refractivity contribution is 9.09. The number of nitrogens with zero attached hydrogens (tertiary/aromatic N) is 1. The minimum absolute atomic E-state index is 0.0379. The van der Waals surface area contributed by atoms with Gasteiger partial charge in [0.25, 0.3) is 0 Å². The lowest BCUT2D eigenvalue weighted by atomic mass is 9.84. The van der Waals surface area contributed by atoms with Crippen LogP contribution in [0, 0.1) is 11.3 Å². The van der Waals surface area contributed by atoms with E-state index >= 15 is 0 Å². The van der Waals surface area contributed by atoms with E-state index in [2.05, 4.69) is 28.9 Å². The van der Waals surface area contributed by atoms with Gasteiger partial charge in [-0.05, 0) is 19.3 Å². The molecule has 2 rings (SSSR count). The monoisotopic (exact) mass is 373 g/mol. The summed E-state index contributed by atoms with van der Waals surface area (Å²) in [6.07, 6.45) is 4.50. The lowest BCUT2D eigenvalue weighted by Gasteiger charge is -2.40. The Morgan fingerprint density at radius 2 is 2.27 bits per heavy atom. The third-order valence-electron chi connectivity index (χ3n) is 4.33. The highest BCUT2D eigenvalue weighted by atomic mass is 79.9. The minimum atomic E-state index is -0.315. The fourth-order valence-corrected chi connectivity index (χ4v) is 4.47. The highest BCUT2D eigenvalue weighted by Gasteiger charge is 2.54. The smallest absolute Gasteiger partial charge is 0.303 e. The molecule has 0 spiro atoms. The van der Waals surface area contributed by atoms with Crippen LogP contribution in [-0.2, 0) is 19.0 Å². The Kier molecular flexibility index (Phi) is 6.25. The summed E-state index contributed by atoms with van der Waals surface area (Å²) in [7, 11) is 0. The fraction of sp³-hybridized carbons (Fsp3) is 0.875. The number of carbonyl (C=O) groups excluding carboxylic acids is 1. The van der Waals surface area contributed by atoms with Gasteiger partial charge >= 0.3 is 5.97 Å². The molecule has 1 aliphatic carbocycles. The van der Waals surface area contributed by atoms with Crippen LogP contribution in [0.4, 0.5) is 0 Å². The predicted octanol–water partition coefficient (Wildman–Crippen LogP) is 3.10. The van der Waals surface area contributed by atoms with Crippen molar-refractivity contribution >= 4 is 21.9 Å². The lowest BCUT2D eigenvalue weighted by molar-refractivity contribution is -0.155. The van der Waals surface area contributed by atoms with Gasteiger partial charge in [0.1, 0.15) is 6.10 Å². The molecule has 2 bridgehead atoms. The van der Waals surface area contributed by atoms with Gasteiger partial charge in [-0.2, -0.15) is 5.26 Å². The summed E-state index contributed by atoms with van der Waals surface area (Å²) >= 11 is 3.63. The van der Waals surface area contributed by atoms with Crippen molar-refractivity contribution in [2.24, 2.45) is 0 Å². The van der Waals surface area contributed by atoms with Crippen LogP contribution < -0.4 is 0 Å². The van der Waals surface area contributed by atoms with Crippen molar-refractivity contribution in [2.75, 3.05) is 6.61 Å². The Labute approximate surface area is 140 Å². The fourth-order valence-electron chi connectivity index (χ4n) is 3.44. The standard InChI is InChI=1S/C16H24BrNO4/c1-3-5-12(6-4-7-18)22-16-8-13(17)15(21-11(2)19)14(9-16)20-10-16/h12-15H,3-6,8-10H2,1-2H3/t12-,13+,14-,15-,16?/m1/s1. The van der Waals surface area contributed by atoms with Crippen LogP contribution in [0.15, 0.2) is 0 Å². The van der Waals surface area contributed by atoms with Gasteiger partial charge in [0.05, 0.1) is 35.3 Å². The lowest BCUT2D eigenvalue weighted by Crippen LogP contribution is -2.49. The largest absolute Gasteiger partial charge is 0.459 e. The van der Waals surface area contributed by atoms with Crippen molar-refractivity contribution in [1.29, 1.82) is 5.26 Å². The molecule has 0 aromatic heterocycles. The van der Waals surface area contributed by atoms with E-state index in [9.17, 15) is 4.79 Å². The van der Waals surface area contributed by atoms with Crippen LogP contribution in [0.5, 0.6) is 0 Å². The normalized spacial score (nSPS) is 34.9. The van der Waals surface area contributed by atoms with Gasteiger partial charge < -0.3 is 14.2 Å². The van der Waals surface area contributed by atoms with Crippen molar-refractivity contribution in [2.45, 2.75) is 81.1 Å². The second kappa shape index (κ2) is 7.76. The Morgan fingerprint density at radius 1 is 1.50 bits per heavy atom. The number of nitriles is 1. The van der Waals surface area contributed by atoms with Crippen LogP contribution in [0.25, 0.3) is 0 Å². The number of rotatable bonds is 7. The summed E-state index contributed by atoms with van der Waals surface area (Å²) in [6, 6.07) is 2.19. The SMILES string of the molecule is CCC[C@H](CCC#N)OC12CO[C@H](C1)[C@H](OC(C)=O)[C@@H](Br)C2. The van der Waals surface area contributed by atoms with Gasteiger partial charge in [-0.1, -0.05) is 29.3 Å². The summed E-state index contributed by atoms with van der Waals surface area (Å²) in [5.74, 6) is -0.281.